The molecule has 1 aliphatic rings. The number of rotatable bonds is 7. The zero-order valence-corrected chi connectivity index (χ0v) is 18.9. The van der Waals surface area contributed by atoms with E-state index in [1.807, 2.05) is 61.5 Å². The Morgan fingerprint density at radius 2 is 1.58 bits per heavy atom. The van der Waals surface area contributed by atoms with E-state index in [1.165, 1.54) is 5.56 Å². The van der Waals surface area contributed by atoms with Crippen LogP contribution in [0.5, 0.6) is 0 Å². The predicted octanol–water partition coefficient (Wildman–Crippen LogP) is 5.21. The fourth-order valence-electron chi connectivity index (χ4n) is 4.11. The molecule has 0 atom stereocenters. The van der Waals surface area contributed by atoms with Crippen LogP contribution >= 0.6 is 0 Å². The Balaban J connectivity index is 1.46. The summed E-state index contributed by atoms with van der Waals surface area (Å²) in [6.45, 7) is 4.40. The van der Waals surface area contributed by atoms with Crippen LogP contribution in [0.2, 0.25) is 0 Å². The minimum atomic E-state index is -0.343. The van der Waals surface area contributed by atoms with Gasteiger partial charge in [-0.05, 0) is 67.6 Å². The number of carbonyl (C=O) groups is 2. The van der Waals surface area contributed by atoms with Crippen LogP contribution < -0.4 is 20.9 Å². The van der Waals surface area contributed by atoms with Gasteiger partial charge in [0.15, 0.2) is 0 Å². The quantitative estimate of drug-likeness (QED) is 0.470. The predicted molar refractivity (Wildman–Crippen MR) is 134 cm³/mol. The van der Waals surface area contributed by atoms with Crippen LogP contribution in [-0.4, -0.2) is 31.6 Å². The summed E-state index contributed by atoms with van der Waals surface area (Å²) >= 11 is 0. The Labute approximate surface area is 195 Å². The molecule has 3 amide bonds. The second-order valence-electron chi connectivity index (χ2n) is 8.37. The number of hydrogen-bond donors (Lipinski definition) is 3. The first-order valence-corrected chi connectivity index (χ1v) is 11.4. The number of nitrogens with one attached hydrogen (secondary N) is 3. The van der Waals surface area contributed by atoms with Gasteiger partial charge in [0.1, 0.15) is 0 Å². The van der Waals surface area contributed by atoms with Gasteiger partial charge in [0.2, 0.25) is 0 Å². The molecule has 170 valence electrons. The number of urea groups is 1. The van der Waals surface area contributed by atoms with Crippen LogP contribution in [0.15, 0.2) is 72.8 Å². The standard InChI is InChI=1S/C27H30N4O2/c1-20-8-7-11-22(18-20)29-27(33)30-23-12-13-25(31-16-5-6-17-31)24(19-23)26(32)28-15-14-21-9-3-2-4-10-21/h2-4,7-13,18-19H,5-6,14-17H2,1H3,(H,28,32)(H2,29,30,33). The molecule has 0 radical (unpaired) electrons. The van der Waals surface area contributed by atoms with Gasteiger partial charge < -0.3 is 20.9 Å². The first-order valence-electron chi connectivity index (χ1n) is 11.4. The fraction of sp³-hybridized carbons (Fsp3) is 0.259. The van der Waals surface area contributed by atoms with E-state index in [-0.39, 0.29) is 11.9 Å². The van der Waals surface area contributed by atoms with Crippen molar-refractivity contribution in [2.75, 3.05) is 35.2 Å². The first-order chi connectivity index (χ1) is 16.1. The van der Waals surface area contributed by atoms with Crippen molar-refractivity contribution in [3.63, 3.8) is 0 Å². The Bertz CT molecular complexity index is 1110. The Hall–Kier alpha value is -3.80. The van der Waals surface area contributed by atoms with E-state index < -0.39 is 0 Å². The molecule has 1 aliphatic heterocycles. The first kappa shape index (κ1) is 22.4. The minimum Gasteiger partial charge on any atom is -0.371 e. The molecule has 1 heterocycles. The lowest BCUT2D eigenvalue weighted by atomic mass is 10.1. The summed E-state index contributed by atoms with van der Waals surface area (Å²) in [6.07, 6.45) is 3.00. The normalized spacial score (nSPS) is 12.9. The molecule has 3 aromatic carbocycles. The summed E-state index contributed by atoms with van der Waals surface area (Å²) in [5.41, 5.74) is 5.04. The van der Waals surface area contributed by atoms with E-state index in [1.54, 1.807) is 6.07 Å². The second-order valence-corrected chi connectivity index (χ2v) is 8.37. The highest BCUT2D eigenvalue weighted by Gasteiger charge is 2.20. The van der Waals surface area contributed by atoms with E-state index in [2.05, 4.69) is 33.0 Å². The number of carbonyl (C=O) groups excluding carboxylic acids is 2. The van der Waals surface area contributed by atoms with Gasteiger partial charge in [0.25, 0.3) is 5.91 Å². The van der Waals surface area contributed by atoms with Crippen LogP contribution in [-0.2, 0) is 6.42 Å². The summed E-state index contributed by atoms with van der Waals surface area (Å²) in [4.78, 5) is 27.9. The van der Waals surface area contributed by atoms with E-state index in [4.69, 9.17) is 0 Å². The molecule has 3 aromatic rings. The molecule has 0 aliphatic carbocycles. The monoisotopic (exact) mass is 442 g/mol. The molecule has 1 saturated heterocycles. The van der Waals surface area contributed by atoms with Crippen molar-refractivity contribution in [2.45, 2.75) is 26.2 Å². The van der Waals surface area contributed by atoms with Gasteiger partial charge >= 0.3 is 6.03 Å². The maximum Gasteiger partial charge on any atom is 0.323 e. The zero-order valence-electron chi connectivity index (χ0n) is 18.9. The largest absolute Gasteiger partial charge is 0.371 e. The van der Waals surface area contributed by atoms with Crippen molar-refractivity contribution < 1.29 is 9.59 Å². The SMILES string of the molecule is Cc1cccc(NC(=O)Nc2ccc(N3CCCC3)c(C(=O)NCCc3ccccc3)c2)c1. The number of anilines is 3. The second kappa shape index (κ2) is 10.7. The Morgan fingerprint density at radius 1 is 0.848 bits per heavy atom. The number of benzene rings is 3. The van der Waals surface area contributed by atoms with Crippen LogP contribution in [0.1, 0.15) is 34.3 Å². The molecular formula is C27H30N4O2. The number of amides is 3. The molecule has 0 unspecified atom stereocenters. The lowest BCUT2D eigenvalue weighted by molar-refractivity contribution is 0.0954. The summed E-state index contributed by atoms with van der Waals surface area (Å²) < 4.78 is 0. The minimum absolute atomic E-state index is 0.129. The third kappa shape index (κ3) is 6.13. The van der Waals surface area contributed by atoms with Gasteiger partial charge in [-0.1, -0.05) is 42.5 Å². The van der Waals surface area contributed by atoms with E-state index in [9.17, 15) is 9.59 Å². The lowest BCUT2D eigenvalue weighted by Gasteiger charge is -2.22. The maximum atomic E-state index is 13.1. The molecular weight excluding hydrogens is 412 g/mol. The summed E-state index contributed by atoms with van der Waals surface area (Å²) in [5, 5.41) is 8.74. The molecule has 0 spiro atoms. The summed E-state index contributed by atoms with van der Waals surface area (Å²) in [5.74, 6) is -0.129. The maximum absolute atomic E-state index is 13.1. The van der Waals surface area contributed by atoms with Crippen molar-refractivity contribution in [3.8, 4) is 0 Å². The van der Waals surface area contributed by atoms with Crippen LogP contribution in [0.3, 0.4) is 0 Å². The van der Waals surface area contributed by atoms with Crippen molar-refractivity contribution in [1.82, 2.24) is 5.32 Å². The Kier molecular flexibility index (Phi) is 7.25. The molecule has 33 heavy (non-hydrogen) atoms. The zero-order chi connectivity index (χ0) is 23.0. The smallest absolute Gasteiger partial charge is 0.323 e. The molecule has 0 aromatic heterocycles. The molecule has 4 rings (SSSR count). The summed E-state index contributed by atoms with van der Waals surface area (Å²) in [7, 11) is 0. The van der Waals surface area contributed by atoms with Gasteiger partial charge in [-0.2, -0.15) is 0 Å². The van der Waals surface area contributed by atoms with Gasteiger partial charge in [-0.25, -0.2) is 4.79 Å². The molecule has 6 heteroatoms. The topological polar surface area (TPSA) is 73.5 Å². The van der Waals surface area contributed by atoms with Crippen LogP contribution in [0.25, 0.3) is 0 Å². The van der Waals surface area contributed by atoms with Gasteiger partial charge in [0, 0.05) is 36.7 Å². The van der Waals surface area contributed by atoms with Crippen molar-refractivity contribution >= 4 is 29.0 Å². The average Bonchev–Trinajstić information content (AvgIpc) is 3.34. The molecule has 0 bridgehead atoms. The van der Waals surface area contributed by atoms with Crippen LogP contribution in [0.4, 0.5) is 21.9 Å². The fourth-order valence-corrected chi connectivity index (χ4v) is 4.11. The van der Waals surface area contributed by atoms with E-state index >= 15 is 0 Å². The van der Waals surface area contributed by atoms with Crippen molar-refractivity contribution in [3.05, 3.63) is 89.5 Å². The number of hydrogen-bond acceptors (Lipinski definition) is 3. The molecule has 1 fully saturated rings. The highest BCUT2D eigenvalue weighted by atomic mass is 16.2. The molecule has 0 saturated carbocycles. The average molecular weight is 443 g/mol. The molecule has 6 nitrogen and oxygen atoms in total. The lowest BCUT2D eigenvalue weighted by Crippen LogP contribution is -2.29. The van der Waals surface area contributed by atoms with Gasteiger partial charge in [0.05, 0.1) is 5.56 Å². The highest BCUT2D eigenvalue weighted by Crippen LogP contribution is 2.28. The van der Waals surface area contributed by atoms with E-state index in [0.717, 1.165) is 49.3 Å². The third-order valence-electron chi connectivity index (χ3n) is 5.76. The highest BCUT2D eigenvalue weighted by molar-refractivity contribution is 6.04. The summed E-state index contributed by atoms with van der Waals surface area (Å²) in [6, 6.07) is 22.9. The third-order valence-corrected chi connectivity index (χ3v) is 5.76. The van der Waals surface area contributed by atoms with Crippen molar-refractivity contribution in [1.29, 1.82) is 0 Å². The number of aryl methyl sites for hydroxylation is 1. The van der Waals surface area contributed by atoms with E-state index in [0.29, 0.717) is 17.8 Å². The Morgan fingerprint density at radius 3 is 2.30 bits per heavy atom. The molecule has 3 N–H and O–H groups in total. The number of nitrogens with zero attached hydrogens (tertiary/aromatic N) is 1. The van der Waals surface area contributed by atoms with Crippen LogP contribution in [0, 0.1) is 6.92 Å². The van der Waals surface area contributed by atoms with Crippen molar-refractivity contribution in [2.24, 2.45) is 0 Å². The van der Waals surface area contributed by atoms with Gasteiger partial charge in [-0.15, -0.1) is 0 Å². The van der Waals surface area contributed by atoms with Gasteiger partial charge in [-0.3, -0.25) is 4.79 Å².